The summed E-state index contributed by atoms with van der Waals surface area (Å²) in [6.45, 7) is 3.50. The monoisotopic (exact) mass is 422 g/mol. The lowest BCUT2D eigenvalue weighted by Crippen LogP contribution is -2.35. The number of fused-ring (bicyclic) bond motifs is 2. The minimum absolute atomic E-state index is 0.0984. The van der Waals surface area contributed by atoms with E-state index in [4.69, 9.17) is 4.74 Å². The summed E-state index contributed by atoms with van der Waals surface area (Å²) >= 11 is 0. The van der Waals surface area contributed by atoms with Crippen molar-refractivity contribution in [1.29, 1.82) is 0 Å². The van der Waals surface area contributed by atoms with Crippen LogP contribution in [0.1, 0.15) is 45.9 Å². The maximum Gasteiger partial charge on any atom is 0.255 e. The van der Waals surface area contributed by atoms with Gasteiger partial charge in [0, 0.05) is 35.2 Å². The largest absolute Gasteiger partial charge is 0.376 e. The molecule has 4 aromatic rings. The molecule has 2 atom stereocenters. The molecule has 4 nitrogen and oxygen atoms in total. The van der Waals surface area contributed by atoms with Gasteiger partial charge >= 0.3 is 0 Å². The first kappa shape index (κ1) is 19.3. The van der Waals surface area contributed by atoms with Crippen molar-refractivity contribution in [2.75, 3.05) is 13.2 Å². The number of aryl methyl sites for hydroxylation is 1. The number of nitrogens with zero attached hydrogens (tertiary/aromatic N) is 1. The molecule has 1 aromatic heterocycles. The quantitative estimate of drug-likeness (QED) is 0.447. The first-order valence-corrected chi connectivity index (χ1v) is 11.4. The molecule has 160 valence electrons. The van der Waals surface area contributed by atoms with Crippen LogP contribution in [0, 0.1) is 6.92 Å². The van der Waals surface area contributed by atoms with Crippen molar-refractivity contribution in [2.24, 2.45) is 0 Å². The second-order valence-corrected chi connectivity index (χ2v) is 8.91. The molecule has 1 amide bonds. The third-order valence-electron chi connectivity index (χ3n) is 6.84. The second-order valence-electron chi connectivity index (χ2n) is 8.91. The number of benzene rings is 3. The van der Waals surface area contributed by atoms with Gasteiger partial charge in [0.2, 0.25) is 0 Å². The molecule has 1 saturated heterocycles. The maximum absolute atomic E-state index is 13.6. The van der Waals surface area contributed by atoms with E-state index >= 15 is 0 Å². The van der Waals surface area contributed by atoms with Crippen molar-refractivity contribution in [3.63, 3.8) is 0 Å². The summed E-state index contributed by atoms with van der Waals surface area (Å²) in [5.74, 6) is 0.0984. The average Bonchev–Trinajstić information content (AvgIpc) is 3.53. The average molecular weight is 423 g/mol. The topological polar surface area (TPSA) is 45.3 Å². The standard InChI is InChI=1S/C28H26N2O2/c1-18-12-14-19(15-13-18)26-25(23-10-4-5-11-24(23)29-26)27-21-8-2-3-9-22(21)28(31)30(27)17-20-7-6-16-32-20/h2-5,8-15,20,27,29H,6-7,16-17H2,1H3/t20-,27-/m1/s1. The third-order valence-corrected chi connectivity index (χ3v) is 6.84. The van der Waals surface area contributed by atoms with Gasteiger partial charge < -0.3 is 14.6 Å². The molecule has 1 N–H and O–H groups in total. The number of aromatic amines is 1. The van der Waals surface area contributed by atoms with Crippen molar-refractivity contribution in [3.8, 4) is 11.3 Å². The van der Waals surface area contributed by atoms with E-state index in [0.29, 0.717) is 6.54 Å². The second kappa shape index (κ2) is 7.64. The molecule has 0 spiro atoms. The highest BCUT2D eigenvalue weighted by atomic mass is 16.5. The number of ether oxygens (including phenoxy) is 1. The number of H-pyrrole nitrogens is 1. The molecule has 3 heterocycles. The van der Waals surface area contributed by atoms with Gasteiger partial charge in [0.05, 0.1) is 17.8 Å². The van der Waals surface area contributed by atoms with Crippen molar-refractivity contribution < 1.29 is 9.53 Å². The lowest BCUT2D eigenvalue weighted by molar-refractivity contribution is 0.0501. The van der Waals surface area contributed by atoms with E-state index in [2.05, 4.69) is 66.5 Å². The third kappa shape index (κ3) is 3.06. The van der Waals surface area contributed by atoms with Crippen molar-refractivity contribution in [1.82, 2.24) is 9.88 Å². The number of amides is 1. The Hall–Kier alpha value is -3.37. The molecular formula is C28H26N2O2. The first-order chi connectivity index (χ1) is 15.7. The summed E-state index contributed by atoms with van der Waals surface area (Å²) in [4.78, 5) is 19.3. The molecule has 3 aromatic carbocycles. The Kier molecular flexibility index (Phi) is 4.62. The van der Waals surface area contributed by atoms with Crippen molar-refractivity contribution in [3.05, 3.63) is 95.1 Å². The van der Waals surface area contributed by atoms with Crippen molar-refractivity contribution >= 4 is 16.8 Å². The van der Waals surface area contributed by atoms with Crippen LogP contribution in [0.15, 0.2) is 72.8 Å². The highest BCUT2D eigenvalue weighted by Gasteiger charge is 2.41. The smallest absolute Gasteiger partial charge is 0.255 e. The number of hydrogen-bond donors (Lipinski definition) is 1. The van der Waals surface area contributed by atoms with Crippen LogP contribution in [0.3, 0.4) is 0 Å². The molecule has 1 fully saturated rings. The number of hydrogen-bond acceptors (Lipinski definition) is 2. The lowest BCUT2D eigenvalue weighted by atomic mass is 9.93. The highest BCUT2D eigenvalue weighted by Crippen LogP contribution is 2.45. The molecule has 2 aliphatic heterocycles. The fourth-order valence-corrected chi connectivity index (χ4v) is 5.27. The van der Waals surface area contributed by atoms with Crippen LogP contribution < -0.4 is 0 Å². The van der Waals surface area contributed by atoms with Crippen molar-refractivity contribution in [2.45, 2.75) is 31.9 Å². The maximum atomic E-state index is 13.6. The normalized spacial score (nSPS) is 20.3. The van der Waals surface area contributed by atoms with E-state index < -0.39 is 0 Å². The van der Waals surface area contributed by atoms with Gasteiger partial charge in [-0.25, -0.2) is 0 Å². The fourth-order valence-electron chi connectivity index (χ4n) is 5.27. The summed E-state index contributed by atoms with van der Waals surface area (Å²) in [6, 6.07) is 24.9. The van der Waals surface area contributed by atoms with E-state index in [1.54, 1.807) is 0 Å². The van der Waals surface area contributed by atoms with Gasteiger partial charge in [-0.05, 0) is 43.0 Å². The summed E-state index contributed by atoms with van der Waals surface area (Å²) in [5, 5.41) is 1.16. The highest BCUT2D eigenvalue weighted by molar-refractivity contribution is 6.02. The fraction of sp³-hybridized carbons (Fsp3) is 0.250. The molecule has 6 rings (SSSR count). The zero-order valence-electron chi connectivity index (χ0n) is 18.2. The molecule has 2 aliphatic rings. The number of para-hydroxylation sites is 1. The number of carbonyl (C=O) groups is 1. The van der Waals surface area contributed by atoms with Gasteiger partial charge in [-0.2, -0.15) is 0 Å². The van der Waals surface area contributed by atoms with Crippen LogP contribution in [-0.2, 0) is 4.74 Å². The Morgan fingerprint density at radius 2 is 1.78 bits per heavy atom. The van der Waals surface area contributed by atoms with Crippen LogP contribution in [-0.4, -0.2) is 35.0 Å². The molecule has 32 heavy (non-hydrogen) atoms. The minimum atomic E-state index is -0.143. The number of carbonyl (C=O) groups excluding carboxylic acids is 1. The van der Waals surface area contributed by atoms with E-state index in [1.807, 2.05) is 23.1 Å². The van der Waals surface area contributed by atoms with Gasteiger partial charge in [0.25, 0.3) is 5.91 Å². The minimum Gasteiger partial charge on any atom is -0.376 e. The molecule has 0 saturated carbocycles. The SMILES string of the molecule is Cc1ccc(-c2[nH]c3ccccc3c2[C@H]2c3ccccc3C(=O)N2C[C@H]2CCCO2)cc1. The number of nitrogens with one attached hydrogen (secondary N) is 1. The number of aromatic nitrogens is 1. The predicted molar refractivity (Wildman–Crippen MR) is 127 cm³/mol. The summed E-state index contributed by atoms with van der Waals surface area (Å²) in [6.07, 6.45) is 2.17. The summed E-state index contributed by atoms with van der Waals surface area (Å²) in [5.41, 5.74) is 7.58. The Labute approximate surface area is 187 Å². The zero-order chi connectivity index (χ0) is 21.7. The zero-order valence-corrected chi connectivity index (χ0v) is 18.2. The Bertz CT molecular complexity index is 1300. The predicted octanol–water partition coefficient (Wildman–Crippen LogP) is 5.87. The van der Waals surface area contributed by atoms with Crippen LogP contribution >= 0.6 is 0 Å². The van der Waals surface area contributed by atoms with Crippen LogP contribution in [0.5, 0.6) is 0 Å². The summed E-state index contributed by atoms with van der Waals surface area (Å²) < 4.78 is 5.94. The van der Waals surface area contributed by atoms with E-state index in [-0.39, 0.29) is 18.1 Å². The van der Waals surface area contributed by atoms with Gasteiger partial charge in [0.15, 0.2) is 0 Å². The van der Waals surface area contributed by atoms with Gasteiger partial charge in [-0.1, -0.05) is 66.2 Å². The molecule has 0 bridgehead atoms. The Balaban J connectivity index is 1.57. The van der Waals surface area contributed by atoms with Crippen LogP contribution in [0.4, 0.5) is 0 Å². The van der Waals surface area contributed by atoms with Crippen LogP contribution in [0.25, 0.3) is 22.2 Å². The van der Waals surface area contributed by atoms with Gasteiger partial charge in [0.1, 0.15) is 0 Å². The van der Waals surface area contributed by atoms with Crippen LogP contribution in [0.2, 0.25) is 0 Å². The Morgan fingerprint density at radius 3 is 2.59 bits per heavy atom. The molecule has 0 unspecified atom stereocenters. The number of rotatable bonds is 4. The Morgan fingerprint density at radius 1 is 1.00 bits per heavy atom. The van der Waals surface area contributed by atoms with E-state index in [1.165, 1.54) is 11.1 Å². The van der Waals surface area contributed by atoms with Gasteiger partial charge in [-0.3, -0.25) is 4.79 Å². The molecule has 0 radical (unpaired) electrons. The lowest BCUT2D eigenvalue weighted by Gasteiger charge is -2.28. The van der Waals surface area contributed by atoms with E-state index in [0.717, 1.165) is 52.7 Å². The van der Waals surface area contributed by atoms with Gasteiger partial charge in [-0.15, -0.1) is 0 Å². The molecule has 0 aliphatic carbocycles. The molecule has 4 heteroatoms. The summed E-state index contributed by atoms with van der Waals surface area (Å²) in [7, 11) is 0. The first-order valence-electron chi connectivity index (χ1n) is 11.4. The molecular weight excluding hydrogens is 396 g/mol. The van der Waals surface area contributed by atoms with E-state index in [9.17, 15) is 4.79 Å².